The van der Waals surface area contributed by atoms with Crippen LogP contribution in [0.1, 0.15) is 85.3 Å². The lowest BCUT2D eigenvalue weighted by molar-refractivity contribution is -0.205. The fourth-order valence-electron chi connectivity index (χ4n) is 5.62. The summed E-state index contributed by atoms with van der Waals surface area (Å²) in [6, 6.07) is 16.6. The fourth-order valence-corrected chi connectivity index (χ4v) is 5.62. The molecule has 2 aliphatic rings. The second kappa shape index (κ2) is 12.3. The Morgan fingerprint density at radius 1 is 0.780 bits per heavy atom. The Bertz CT molecular complexity index is 1350. The van der Waals surface area contributed by atoms with Gasteiger partial charge < -0.3 is 34.7 Å². The zero-order valence-electron chi connectivity index (χ0n) is 25.2. The number of ketones is 1. The number of Topliss-reactive ketones (excluding diaryl/α,β-unsaturated/α-hetero) is 1. The number of aromatic hydroxyl groups is 4. The molecule has 0 amide bonds. The van der Waals surface area contributed by atoms with E-state index in [4.69, 9.17) is 19.7 Å². The highest BCUT2D eigenvalue weighted by molar-refractivity contribution is 5.74. The number of rotatable bonds is 3. The molecule has 5 rings (SSSR count). The lowest BCUT2D eigenvalue weighted by atomic mass is 9.61. The maximum absolute atomic E-state index is 10.1. The Balaban J connectivity index is 0.000000294. The zero-order valence-corrected chi connectivity index (χ0v) is 25.2. The molecule has 0 bridgehead atoms. The molecule has 2 heterocycles. The molecule has 7 nitrogen and oxygen atoms in total. The van der Waals surface area contributed by atoms with E-state index in [1.807, 2.05) is 19.1 Å². The van der Waals surface area contributed by atoms with Gasteiger partial charge in [-0.3, -0.25) is 0 Å². The third-order valence-electron chi connectivity index (χ3n) is 8.86. The van der Waals surface area contributed by atoms with Gasteiger partial charge in [0.25, 0.3) is 5.79 Å². The van der Waals surface area contributed by atoms with E-state index < -0.39 is 5.79 Å². The molecule has 41 heavy (non-hydrogen) atoms. The van der Waals surface area contributed by atoms with Gasteiger partial charge in [-0.15, -0.1) is 0 Å². The van der Waals surface area contributed by atoms with Crippen LogP contribution in [-0.4, -0.2) is 32.0 Å². The highest BCUT2D eigenvalue weighted by Gasteiger charge is 2.59. The smallest absolute Gasteiger partial charge is 0.255 e. The molecule has 0 radical (unpaired) electrons. The number of fused-ring (bicyclic) bond motifs is 2. The van der Waals surface area contributed by atoms with Crippen LogP contribution in [-0.2, 0) is 15.6 Å². The van der Waals surface area contributed by atoms with Crippen LogP contribution in [0.3, 0.4) is 0 Å². The zero-order chi connectivity index (χ0) is 30.6. The fraction of sp³-hybridized carbons (Fsp3) is 0.441. The van der Waals surface area contributed by atoms with E-state index in [1.165, 1.54) is 18.2 Å². The van der Waals surface area contributed by atoms with Crippen LogP contribution in [0.15, 0.2) is 60.7 Å². The van der Waals surface area contributed by atoms with Crippen molar-refractivity contribution in [3.8, 4) is 34.5 Å². The quantitative estimate of drug-likeness (QED) is 0.257. The van der Waals surface area contributed by atoms with E-state index in [2.05, 4.69) is 34.6 Å². The van der Waals surface area contributed by atoms with Crippen LogP contribution in [0.4, 0.5) is 0 Å². The van der Waals surface area contributed by atoms with E-state index in [1.54, 1.807) is 37.3 Å². The summed E-state index contributed by atoms with van der Waals surface area (Å²) >= 11 is 0. The standard InChI is InChI=1S/C24H30O4.C6H6O2.C4H8O/c1-6-22(4)14-24(27-20-12-16(25)8-10-18(20)22)15(3)23(5,7-2)19-11-9-17(26)13-21(19)28-24;7-5-2-1-3-6(8)4-5;1-3-4(2)5/h8-13,15,25-26H,6-7,14H2,1-5H3;1-4,7-8H;3H2,1-2H3. The number of benzene rings is 3. The third-order valence-corrected chi connectivity index (χ3v) is 8.86. The molecule has 2 aliphatic heterocycles. The Kier molecular flexibility index (Phi) is 9.52. The van der Waals surface area contributed by atoms with Gasteiger partial charge in [-0.1, -0.05) is 59.7 Å². The SMILES string of the molecule is CCC(C)=O.CCC1(C)CC2(Oc3cc(O)ccc31)Oc1cc(O)ccc1C(C)(CC)C2C.Oc1cccc(O)c1. The van der Waals surface area contributed by atoms with Crippen LogP contribution < -0.4 is 9.47 Å². The molecule has 7 heteroatoms. The predicted octanol–water partition coefficient (Wildman–Crippen LogP) is 7.72. The first-order valence-corrected chi connectivity index (χ1v) is 14.3. The van der Waals surface area contributed by atoms with E-state index >= 15 is 0 Å². The molecule has 4 unspecified atom stereocenters. The Hall–Kier alpha value is -3.87. The summed E-state index contributed by atoms with van der Waals surface area (Å²) in [5.74, 6) is 1.39. The minimum atomic E-state index is -0.864. The monoisotopic (exact) mass is 564 g/mol. The number of phenolic OH excluding ortho intramolecular Hbond substituents is 4. The predicted molar refractivity (Wildman–Crippen MR) is 160 cm³/mol. The second-order valence-electron chi connectivity index (χ2n) is 11.5. The normalized spacial score (nSPS) is 25.6. The molecule has 0 saturated heterocycles. The minimum absolute atomic E-state index is 0.0726. The van der Waals surface area contributed by atoms with Gasteiger partial charge in [0.15, 0.2) is 0 Å². The van der Waals surface area contributed by atoms with Crippen molar-refractivity contribution >= 4 is 5.78 Å². The van der Waals surface area contributed by atoms with Gasteiger partial charge >= 0.3 is 0 Å². The first-order valence-electron chi connectivity index (χ1n) is 14.3. The number of carbonyl (C=O) groups excluding carboxylic acids is 1. The van der Waals surface area contributed by atoms with Gasteiger partial charge in [-0.2, -0.15) is 0 Å². The van der Waals surface area contributed by atoms with Crippen LogP contribution in [0.25, 0.3) is 0 Å². The van der Waals surface area contributed by atoms with Crippen molar-refractivity contribution in [3.63, 3.8) is 0 Å². The van der Waals surface area contributed by atoms with Crippen molar-refractivity contribution in [1.82, 2.24) is 0 Å². The molecular formula is C34H44O7. The Morgan fingerprint density at radius 3 is 1.66 bits per heavy atom. The van der Waals surface area contributed by atoms with Crippen LogP contribution in [0.2, 0.25) is 0 Å². The van der Waals surface area contributed by atoms with Crippen LogP contribution >= 0.6 is 0 Å². The highest BCUT2D eigenvalue weighted by Crippen LogP contribution is 2.58. The Morgan fingerprint density at radius 2 is 1.24 bits per heavy atom. The lowest BCUT2D eigenvalue weighted by Gasteiger charge is -2.56. The summed E-state index contributed by atoms with van der Waals surface area (Å²) < 4.78 is 13.2. The van der Waals surface area contributed by atoms with Crippen molar-refractivity contribution in [3.05, 3.63) is 71.8 Å². The minimum Gasteiger partial charge on any atom is -0.508 e. The molecule has 222 valence electrons. The second-order valence-corrected chi connectivity index (χ2v) is 11.5. The lowest BCUT2D eigenvalue weighted by Crippen LogP contribution is -2.62. The summed E-state index contributed by atoms with van der Waals surface area (Å²) in [4.78, 5) is 9.81. The van der Waals surface area contributed by atoms with Crippen molar-refractivity contribution in [2.45, 2.75) is 90.8 Å². The molecule has 3 aromatic rings. The van der Waals surface area contributed by atoms with Gasteiger partial charge in [0.1, 0.15) is 40.3 Å². The molecule has 1 spiro atoms. The van der Waals surface area contributed by atoms with Gasteiger partial charge in [0.05, 0.1) is 0 Å². The van der Waals surface area contributed by atoms with Gasteiger partial charge in [-0.25, -0.2) is 0 Å². The number of ether oxygens (including phenoxy) is 2. The average molecular weight is 565 g/mol. The maximum Gasteiger partial charge on any atom is 0.255 e. The summed E-state index contributed by atoms with van der Waals surface area (Å²) in [5, 5.41) is 37.5. The summed E-state index contributed by atoms with van der Waals surface area (Å²) in [6.45, 7) is 14.5. The van der Waals surface area contributed by atoms with Crippen LogP contribution in [0.5, 0.6) is 34.5 Å². The van der Waals surface area contributed by atoms with Crippen molar-refractivity contribution < 1.29 is 34.7 Å². The Labute approximate surface area is 243 Å². The molecule has 0 fully saturated rings. The number of phenols is 4. The molecule has 3 aromatic carbocycles. The third kappa shape index (κ3) is 6.55. The van der Waals surface area contributed by atoms with Gasteiger partial charge in [0.2, 0.25) is 0 Å². The maximum atomic E-state index is 10.1. The summed E-state index contributed by atoms with van der Waals surface area (Å²) in [6.07, 6.45) is 3.23. The first-order chi connectivity index (χ1) is 19.2. The molecule has 0 aliphatic carbocycles. The topological polar surface area (TPSA) is 116 Å². The van der Waals surface area contributed by atoms with Crippen molar-refractivity contribution in [1.29, 1.82) is 0 Å². The number of hydrogen-bond acceptors (Lipinski definition) is 7. The average Bonchev–Trinajstić information content (AvgIpc) is 2.92. The van der Waals surface area contributed by atoms with E-state index in [0.29, 0.717) is 24.3 Å². The largest absolute Gasteiger partial charge is 0.508 e. The van der Waals surface area contributed by atoms with E-state index in [-0.39, 0.29) is 45.5 Å². The van der Waals surface area contributed by atoms with Crippen LogP contribution in [0, 0.1) is 5.92 Å². The number of carbonyl (C=O) groups is 1. The van der Waals surface area contributed by atoms with E-state index in [0.717, 1.165) is 24.0 Å². The van der Waals surface area contributed by atoms with Crippen molar-refractivity contribution in [2.24, 2.45) is 5.92 Å². The van der Waals surface area contributed by atoms with Gasteiger partial charge in [0, 0.05) is 58.9 Å². The highest BCUT2D eigenvalue weighted by atomic mass is 16.7. The van der Waals surface area contributed by atoms with Crippen molar-refractivity contribution in [2.75, 3.05) is 0 Å². The van der Waals surface area contributed by atoms with E-state index in [9.17, 15) is 15.0 Å². The molecule has 4 atom stereocenters. The summed E-state index contributed by atoms with van der Waals surface area (Å²) in [5.41, 5.74) is 1.91. The molecule has 0 aromatic heterocycles. The first kappa shape index (κ1) is 31.7. The summed E-state index contributed by atoms with van der Waals surface area (Å²) in [7, 11) is 0. The molecule has 4 N–H and O–H groups in total. The molecule has 0 saturated carbocycles. The number of hydrogen-bond donors (Lipinski definition) is 4. The molecular weight excluding hydrogens is 520 g/mol. The van der Waals surface area contributed by atoms with Gasteiger partial charge in [-0.05, 0) is 44.0 Å².